The molecule has 1 atom stereocenters. The van der Waals surface area contributed by atoms with E-state index in [-0.39, 0.29) is 0 Å². The molecule has 2 aliphatic rings. The molecule has 3 nitrogen and oxygen atoms in total. The summed E-state index contributed by atoms with van der Waals surface area (Å²) in [6.45, 7) is 2.08. The van der Waals surface area contributed by atoms with Gasteiger partial charge in [0, 0.05) is 24.0 Å². The summed E-state index contributed by atoms with van der Waals surface area (Å²) in [5.74, 6) is 3.66. The number of nitrogens with one attached hydrogen (secondary N) is 1. The van der Waals surface area contributed by atoms with Crippen LogP contribution in [0.25, 0.3) is 0 Å². The Labute approximate surface area is 101 Å². The summed E-state index contributed by atoms with van der Waals surface area (Å²) in [5, 5.41) is 3.62. The summed E-state index contributed by atoms with van der Waals surface area (Å²) in [5.41, 5.74) is 1.14. The molecule has 1 aromatic rings. The average Bonchev–Trinajstić information content (AvgIpc) is 3.06. The van der Waals surface area contributed by atoms with Crippen LogP contribution in [0.5, 0.6) is 0 Å². The summed E-state index contributed by atoms with van der Waals surface area (Å²) >= 11 is 2.06. The summed E-state index contributed by atoms with van der Waals surface area (Å²) in [6, 6.07) is 1.35. The number of thioether (sulfide) groups is 1. The van der Waals surface area contributed by atoms with Crippen molar-refractivity contribution in [1.82, 2.24) is 9.55 Å². The highest BCUT2D eigenvalue weighted by atomic mass is 32.2. The van der Waals surface area contributed by atoms with E-state index >= 15 is 0 Å². The largest absolute Gasteiger partial charge is 0.352 e. The number of hydrogen-bond acceptors (Lipinski definition) is 3. The minimum atomic E-state index is 0.623. The lowest BCUT2D eigenvalue weighted by Crippen LogP contribution is -2.27. The van der Waals surface area contributed by atoms with E-state index in [2.05, 4.69) is 39.8 Å². The minimum Gasteiger partial charge on any atom is -0.352 e. The molecule has 0 bridgehead atoms. The Morgan fingerprint density at radius 1 is 1.44 bits per heavy atom. The van der Waals surface area contributed by atoms with Gasteiger partial charge in [-0.1, -0.05) is 0 Å². The van der Waals surface area contributed by atoms with Gasteiger partial charge in [0.05, 0.1) is 5.69 Å². The number of rotatable bonds is 3. The SMILES string of the molecule is Cc1cn(C2CC2)c(NC2CCCSC2)n1. The molecule has 4 heteroatoms. The molecule has 1 unspecified atom stereocenters. The van der Waals surface area contributed by atoms with Gasteiger partial charge in [-0.3, -0.25) is 0 Å². The van der Waals surface area contributed by atoms with Gasteiger partial charge in [0.25, 0.3) is 0 Å². The lowest BCUT2D eigenvalue weighted by Gasteiger charge is -2.23. The van der Waals surface area contributed by atoms with Crippen molar-refractivity contribution in [3.63, 3.8) is 0 Å². The Morgan fingerprint density at radius 3 is 3.00 bits per heavy atom. The third-order valence-corrected chi connectivity index (χ3v) is 4.50. The van der Waals surface area contributed by atoms with Crippen LogP contribution in [0.4, 0.5) is 5.95 Å². The van der Waals surface area contributed by atoms with Crippen molar-refractivity contribution >= 4 is 17.7 Å². The molecule has 2 heterocycles. The molecule has 1 N–H and O–H groups in total. The highest BCUT2D eigenvalue weighted by Gasteiger charge is 2.27. The third-order valence-electron chi connectivity index (χ3n) is 3.29. The highest BCUT2D eigenvalue weighted by molar-refractivity contribution is 7.99. The van der Waals surface area contributed by atoms with Gasteiger partial charge >= 0.3 is 0 Å². The van der Waals surface area contributed by atoms with Crippen LogP contribution in [0.3, 0.4) is 0 Å². The second-order valence-corrected chi connectivity index (χ2v) is 6.05. The van der Waals surface area contributed by atoms with E-state index in [9.17, 15) is 0 Å². The zero-order valence-electron chi connectivity index (χ0n) is 9.78. The van der Waals surface area contributed by atoms with E-state index in [0.29, 0.717) is 6.04 Å². The maximum absolute atomic E-state index is 4.61. The Bertz CT molecular complexity index is 364. The van der Waals surface area contributed by atoms with E-state index < -0.39 is 0 Å². The highest BCUT2D eigenvalue weighted by Crippen LogP contribution is 2.37. The second-order valence-electron chi connectivity index (χ2n) is 4.90. The normalized spacial score (nSPS) is 25.7. The molecule has 1 aliphatic heterocycles. The van der Waals surface area contributed by atoms with Crippen LogP contribution in [-0.4, -0.2) is 27.1 Å². The van der Waals surface area contributed by atoms with Crippen molar-refractivity contribution in [2.45, 2.75) is 44.7 Å². The van der Waals surface area contributed by atoms with Crippen LogP contribution in [0, 0.1) is 6.92 Å². The topological polar surface area (TPSA) is 29.9 Å². The van der Waals surface area contributed by atoms with Gasteiger partial charge in [0.1, 0.15) is 0 Å². The quantitative estimate of drug-likeness (QED) is 0.876. The molecular formula is C12H19N3S. The Kier molecular flexibility index (Phi) is 2.84. The zero-order chi connectivity index (χ0) is 11.0. The van der Waals surface area contributed by atoms with Gasteiger partial charge in [0.15, 0.2) is 0 Å². The monoisotopic (exact) mass is 237 g/mol. The van der Waals surface area contributed by atoms with Crippen molar-refractivity contribution in [2.75, 3.05) is 16.8 Å². The molecule has 3 rings (SSSR count). The third kappa shape index (κ3) is 2.21. The molecule has 0 spiro atoms. The molecule has 1 aliphatic carbocycles. The van der Waals surface area contributed by atoms with E-state index in [1.807, 2.05) is 0 Å². The molecule has 0 amide bonds. The predicted octanol–water partition coefficient (Wildman–Crippen LogP) is 2.83. The molecule has 2 fully saturated rings. The van der Waals surface area contributed by atoms with Crippen LogP contribution in [0.1, 0.15) is 37.4 Å². The van der Waals surface area contributed by atoms with Gasteiger partial charge in [-0.2, -0.15) is 11.8 Å². The molecule has 1 saturated heterocycles. The molecule has 0 aromatic carbocycles. The fraction of sp³-hybridized carbons (Fsp3) is 0.750. The smallest absolute Gasteiger partial charge is 0.203 e. The summed E-state index contributed by atoms with van der Waals surface area (Å²) in [7, 11) is 0. The second kappa shape index (κ2) is 4.32. The molecule has 1 saturated carbocycles. The van der Waals surface area contributed by atoms with Gasteiger partial charge in [0.2, 0.25) is 5.95 Å². The van der Waals surface area contributed by atoms with Crippen LogP contribution in [0.15, 0.2) is 6.20 Å². The van der Waals surface area contributed by atoms with E-state index in [1.165, 1.54) is 37.2 Å². The van der Waals surface area contributed by atoms with E-state index in [4.69, 9.17) is 0 Å². The van der Waals surface area contributed by atoms with Gasteiger partial charge in [-0.15, -0.1) is 0 Å². The summed E-state index contributed by atoms with van der Waals surface area (Å²) in [6.07, 6.45) is 7.47. The number of nitrogens with zero attached hydrogens (tertiary/aromatic N) is 2. The maximum atomic E-state index is 4.61. The number of aromatic nitrogens is 2. The molecule has 1 aromatic heterocycles. The molecule has 16 heavy (non-hydrogen) atoms. The number of aryl methyl sites for hydroxylation is 1. The molecular weight excluding hydrogens is 218 g/mol. The van der Waals surface area contributed by atoms with Gasteiger partial charge in [-0.05, 0) is 38.4 Å². The lowest BCUT2D eigenvalue weighted by atomic mass is 10.2. The fourth-order valence-corrected chi connectivity index (χ4v) is 3.36. The van der Waals surface area contributed by atoms with Crippen molar-refractivity contribution in [1.29, 1.82) is 0 Å². The fourth-order valence-electron chi connectivity index (χ4n) is 2.29. The summed E-state index contributed by atoms with van der Waals surface area (Å²) in [4.78, 5) is 4.61. The number of imidazole rings is 1. The Hall–Kier alpha value is -0.640. The Balaban J connectivity index is 1.72. The average molecular weight is 237 g/mol. The first-order chi connectivity index (χ1) is 7.83. The first kappa shape index (κ1) is 10.5. The Morgan fingerprint density at radius 2 is 2.31 bits per heavy atom. The predicted molar refractivity (Wildman–Crippen MR) is 69.2 cm³/mol. The van der Waals surface area contributed by atoms with E-state index in [1.54, 1.807) is 0 Å². The minimum absolute atomic E-state index is 0.623. The summed E-state index contributed by atoms with van der Waals surface area (Å²) < 4.78 is 2.34. The van der Waals surface area contributed by atoms with Crippen molar-refractivity contribution < 1.29 is 0 Å². The van der Waals surface area contributed by atoms with Crippen LogP contribution >= 0.6 is 11.8 Å². The standard InChI is InChI=1S/C12H19N3S/c1-9-7-15(11-4-5-11)12(13-9)14-10-3-2-6-16-8-10/h7,10-11H,2-6,8H2,1H3,(H,13,14). The number of hydrogen-bond donors (Lipinski definition) is 1. The van der Waals surface area contributed by atoms with Crippen LogP contribution in [-0.2, 0) is 0 Å². The lowest BCUT2D eigenvalue weighted by molar-refractivity contribution is 0.660. The zero-order valence-corrected chi connectivity index (χ0v) is 10.6. The maximum Gasteiger partial charge on any atom is 0.203 e. The first-order valence-corrected chi connectivity index (χ1v) is 7.38. The molecule has 88 valence electrons. The van der Waals surface area contributed by atoms with Crippen LogP contribution in [0.2, 0.25) is 0 Å². The number of anilines is 1. The van der Waals surface area contributed by atoms with Gasteiger partial charge < -0.3 is 9.88 Å². The molecule has 0 radical (unpaired) electrons. The van der Waals surface area contributed by atoms with Crippen LogP contribution < -0.4 is 5.32 Å². The first-order valence-electron chi connectivity index (χ1n) is 6.22. The van der Waals surface area contributed by atoms with Gasteiger partial charge in [-0.25, -0.2) is 4.98 Å². The van der Waals surface area contributed by atoms with Crippen molar-refractivity contribution in [3.05, 3.63) is 11.9 Å². The van der Waals surface area contributed by atoms with Crippen molar-refractivity contribution in [2.24, 2.45) is 0 Å². The van der Waals surface area contributed by atoms with E-state index in [0.717, 1.165) is 17.7 Å². The van der Waals surface area contributed by atoms with Crippen molar-refractivity contribution in [3.8, 4) is 0 Å².